The summed E-state index contributed by atoms with van der Waals surface area (Å²) in [6.07, 6.45) is 6.35. The van der Waals surface area contributed by atoms with Gasteiger partial charge in [-0.2, -0.15) is 0 Å². The van der Waals surface area contributed by atoms with Crippen LogP contribution in [0.2, 0.25) is 10.0 Å². The van der Waals surface area contributed by atoms with Crippen LogP contribution in [0.1, 0.15) is 48.8 Å². The van der Waals surface area contributed by atoms with Crippen molar-refractivity contribution >= 4 is 50.7 Å². The molecule has 0 aromatic heterocycles. The van der Waals surface area contributed by atoms with Crippen molar-refractivity contribution in [2.75, 3.05) is 17.1 Å². The second kappa shape index (κ2) is 14.4. The van der Waals surface area contributed by atoms with Crippen LogP contribution in [0.4, 0.5) is 5.69 Å². The van der Waals surface area contributed by atoms with Crippen molar-refractivity contribution in [2.45, 2.75) is 64.1 Å². The predicted molar refractivity (Wildman–Crippen MR) is 169 cm³/mol. The topological polar surface area (TPSA) is 86.8 Å². The first-order chi connectivity index (χ1) is 20.0. The van der Waals surface area contributed by atoms with E-state index in [0.29, 0.717) is 0 Å². The number of nitrogens with one attached hydrogen (secondary N) is 1. The van der Waals surface area contributed by atoms with E-state index in [4.69, 9.17) is 23.2 Å². The third-order valence-electron chi connectivity index (χ3n) is 7.69. The number of carbonyl (C=O) groups is 2. The molecule has 224 valence electrons. The van der Waals surface area contributed by atoms with Gasteiger partial charge in [-0.3, -0.25) is 13.9 Å². The van der Waals surface area contributed by atoms with Gasteiger partial charge in [0, 0.05) is 19.0 Å². The molecule has 10 heteroatoms. The zero-order valence-corrected chi connectivity index (χ0v) is 26.3. The summed E-state index contributed by atoms with van der Waals surface area (Å²) in [5.74, 6) is -0.748. The molecule has 3 aromatic rings. The van der Waals surface area contributed by atoms with E-state index in [1.165, 1.54) is 23.1 Å². The lowest BCUT2D eigenvalue weighted by molar-refractivity contribution is -0.140. The van der Waals surface area contributed by atoms with E-state index < -0.39 is 28.5 Å². The minimum Gasteiger partial charge on any atom is -0.352 e. The van der Waals surface area contributed by atoms with E-state index in [2.05, 4.69) is 5.32 Å². The first kappa shape index (κ1) is 31.9. The predicted octanol–water partition coefficient (Wildman–Crippen LogP) is 6.16. The molecular formula is C32H37Cl2N3O4S. The third-order valence-corrected chi connectivity index (χ3v) is 9.57. The molecule has 0 spiro atoms. The Morgan fingerprint density at radius 3 is 2.24 bits per heavy atom. The molecule has 1 fully saturated rings. The molecule has 2 amide bonds. The van der Waals surface area contributed by atoms with E-state index >= 15 is 0 Å². The molecule has 3 aromatic carbocycles. The van der Waals surface area contributed by atoms with Gasteiger partial charge in [0.05, 0.1) is 22.0 Å². The third kappa shape index (κ3) is 8.49. The Labute approximate surface area is 258 Å². The maximum Gasteiger partial charge on any atom is 0.244 e. The Kier molecular flexibility index (Phi) is 10.9. The molecule has 0 bridgehead atoms. The summed E-state index contributed by atoms with van der Waals surface area (Å²) in [6.45, 7) is 1.58. The minimum atomic E-state index is -3.90. The average Bonchev–Trinajstić information content (AvgIpc) is 2.96. The van der Waals surface area contributed by atoms with Gasteiger partial charge in [0.15, 0.2) is 0 Å². The first-order valence-corrected chi connectivity index (χ1v) is 16.7. The van der Waals surface area contributed by atoms with E-state index in [1.54, 1.807) is 0 Å². The number of benzene rings is 3. The Bertz CT molecular complexity index is 1490. The highest BCUT2D eigenvalue weighted by molar-refractivity contribution is 7.92. The lowest BCUT2D eigenvalue weighted by Crippen LogP contribution is -2.55. The number of halogens is 2. The van der Waals surface area contributed by atoms with Gasteiger partial charge in [-0.15, -0.1) is 0 Å². The minimum absolute atomic E-state index is 0.0451. The Morgan fingerprint density at radius 1 is 0.929 bits per heavy atom. The monoisotopic (exact) mass is 629 g/mol. The van der Waals surface area contributed by atoms with Crippen LogP contribution in [0.25, 0.3) is 0 Å². The van der Waals surface area contributed by atoms with Crippen molar-refractivity contribution in [3.8, 4) is 0 Å². The highest BCUT2D eigenvalue weighted by atomic mass is 35.5. The second-order valence-electron chi connectivity index (χ2n) is 10.9. The van der Waals surface area contributed by atoms with Crippen molar-refractivity contribution in [2.24, 2.45) is 0 Å². The number of aryl methyl sites for hydroxylation is 1. The summed E-state index contributed by atoms with van der Waals surface area (Å²) >= 11 is 12.3. The molecule has 1 atom stereocenters. The standard InChI is InChI=1S/C32H37Cl2N3O4S/c1-23-11-9-10-14-25(23)21-36(31(38)22-37(42(2,40)41)27-17-18-28(33)29(34)20-27)30(19-24-12-5-3-6-13-24)32(39)35-26-15-7-4-8-16-26/h3,5-6,9-14,17-18,20,26,30H,4,7-8,15-16,19,21-22H2,1-2H3,(H,35,39)/t30-/m0/s1. The summed E-state index contributed by atoms with van der Waals surface area (Å²) in [5, 5.41) is 3.64. The lowest BCUT2D eigenvalue weighted by atomic mass is 9.94. The van der Waals surface area contributed by atoms with Crippen molar-refractivity contribution < 1.29 is 18.0 Å². The molecule has 1 aliphatic rings. The summed E-state index contributed by atoms with van der Waals surface area (Å²) in [4.78, 5) is 29.8. The van der Waals surface area contributed by atoms with E-state index in [9.17, 15) is 18.0 Å². The van der Waals surface area contributed by atoms with Gasteiger partial charge < -0.3 is 10.2 Å². The zero-order chi connectivity index (χ0) is 30.3. The molecule has 1 N–H and O–H groups in total. The van der Waals surface area contributed by atoms with Crippen molar-refractivity contribution in [1.29, 1.82) is 0 Å². The van der Waals surface area contributed by atoms with Gasteiger partial charge in [-0.1, -0.05) is 97.1 Å². The molecule has 1 saturated carbocycles. The van der Waals surface area contributed by atoms with Crippen LogP contribution < -0.4 is 9.62 Å². The van der Waals surface area contributed by atoms with Crippen molar-refractivity contribution in [3.63, 3.8) is 0 Å². The number of hydrogen-bond acceptors (Lipinski definition) is 4. The number of rotatable bonds is 11. The molecule has 0 saturated heterocycles. The normalized spacial score (nSPS) is 14.7. The molecule has 0 heterocycles. The Hall–Kier alpha value is -3.07. The van der Waals surface area contributed by atoms with Crippen LogP contribution >= 0.6 is 23.2 Å². The fourth-order valence-corrected chi connectivity index (χ4v) is 6.46. The van der Waals surface area contributed by atoms with E-state index in [0.717, 1.165) is 59.4 Å². The molecule has 7 nitrogen and oxygen atoms in total. The van der Waals surface area contributed by atoms with E-state index in [1.807, 2.05) is 61.5 Å². The fraction of sp³-hybridized carbons (Fsp3) is 0.375. The van der Waals surface area contributed by atoms with Gasteiger partial charge in [-0.05, 0) is 54.7 Å². The number of anilines is 1. The number of hydrogen-bond donors (Lipinski definition) is 1. The smallest absolute Gasteiger partial charge is 0.244 e. The highest BCUT2D eigenvalue weighted by Crippen LogP contribution is 2.29. The van der Waals surface area contributed by atoms with Gasteiger partial charge >= 0.3 is 0 Å². The zero-order valence-electron chi connectivity index (χ0n) is 23.9. The number of amides is 2. The lowest BCUT2D eigenvalue weighted by Gasteiger charge is -2.35. The number of carbonyl (C=O) groups excluding carboxylic acids is 2. The Balaban J connectivity index is 1.74. The first-order valence-electron chi connectivity index (χ1n) is 14.1. The highest BCUT2D eigenvalue weighted by Gasteiger charge is 2.34. The SMILES string of the molecule is Cc1ccccc1CN(C(=O)CN(c1ccc(Cl)c(Cl)c1)S(C)(=O)=O)[C@@H](Cc1ccccc1)C(=O)NC1CCCCC1. The average molecular weight is 631 g/mol. The van der Waals surface area contributed by atoms with Gasteiger partial charge in [0.2, 0.25) is 21.8 Å². The summed E-state index contributed by atoms with van der Waals surface area (Å²) in [6, 6.07) is 20.8. The molecule has 4 rings (SSSR count). The molecule has 0 aliphatic heterocycles. The molecule has 0 unspecified atom stereocenters. The molecule has 0 radical (unpaired) electrons. The maximum absolute atomic E-state index is 14.3. The van der Waals surface area contributed by atoms with Crippen LogP contribution in [-0.4, -0.2) is 50.0 Å². The van der Waals surface area contributed by atoms with Crippen LogP contribution in [0.5, 0.6) is 0 Å². The second-order valence-corrected chi connectivity index (χ2v) is 13.6. The summed E-state index contributed by atoms with van der Waals surface area (Å²) in [5.41, 5.74) is 2.94. The van der Waals surface area contributed by atoms with Crippen LogP contribution in [0.15, 0.2) is 72.8 Å². The van der Waals surface area contributed by atoms with Crippen LogP contribution in [0, 0.1) is 6.92 Å². The maximum atomic E-state index is 14.3. The van der Waals surface area contributed by atoms with Gasteiger partial charge in [-0.25, -0.2) is 8.42 Å². The van der Waals surface area contributed by atoms with Crippen LogP contribution in [0.3, 0.4) is 0 Å². The van der Waals surface area contributed by atoms with Crippen LogP contribution in [-0.2, 0) is 32.6 Å². The summed E-state index contributed by atoms with van der Waals surface area (Å²) < 4.78 is 26.9. The van der Waals surface area contributed by atoms with E-state index in [-0.39, 0.29) is 40.6 Å². The summed E-state index contributed by atoms with van der Waals surface area (Å²) in [7, 11) is -3.90. The quantitative estimate of drug-likeness (QED) is 0.275. The van der Waals surface area contributed by atoms with Crippen molar-refractivity contribution in [3.05, 3.63) is 99.5 Å². The molecular weight excluding hydrogens is 593 g/mol. The van der Waals surface area contributed by atoms with Gasteiger partial charge in [0.1, 0.15) is 12.6 Å². The fourth-order valence-electron chi connectivity index (χ4n) is 5.32. The Morgan fingerprint density at radius 2 is 1.60 bits per heavy atom. The number of sulfonamides is 1. The van der Waals surface area contributed by atoms with Crippen molar-refractivity contribution in [1.82, 2.24) is 10.2 Å². The molecule has 1 aliphatic carbocycles. The molecule has 42 heavy (non-hydrogen) atoms. The largest absolute Gasteiger partial charge is 0.352 e. The van der Waals surface area contributed by atoms with Gasteiger partial charge in [0.25, 0.3) is 0 Å². The number of nitrogens with zero attached hydrogens (tertiary/aromatic N) is 2.